The molecule has 0 nitrogen and oxygen atoms in total. The minimum Gasteiger partial charge on any atom is -0.0760 e. The molecule has 0 heteroatoms. The van der Waals surface area contributed by atoms with Gasteiger partial charge in [-0.2, -0.15) is 0 Å². The van der Waals surface area contributed by atoms with Crippen LogP contribution < -0.4 is 0 Å². The standard InChI is InChI=1S/C29H34/c1-5-22-6-8-26(17-22)24-10-12-25(13-11-24)28-15-14-27-18-23(7-9-29(27)19-28)16-21(4)20(2)3/h6-13,15,18,20-21H,5,14,16-17,19H2,1-4H3. The maximum absolute atomic E-state index is 2.45. The van der Waals surface area contributed by atoms with Crippen LogP contribution in [0.3, 0.4) is 0 Å². The van der Waals surface area contributed by atoms with Crippen molar-refractivity contribution < 1.29 is 0 Å². The Balaban J connectivity index is 1.45. The zero-order valence-corrected chi connectivity index (χ0v) is 18.5. The zero-order chi connectivity index (χ0) is 20.4. The van der Waals surface area contributed by atoms with Gasteiger partial charge < -0.3 is 0 Å². The van der Waals surface area contributed by atoms with Crippen LogP contribution in [0.4, 0.5) is 0 Å². The van der Waals surface area contributed by atoms with Crippen LogP contribution in [0, 0.1) is 11.8 Å². The monoisotopic (exact) mass is 382 g/mol. The SMILES string of the molecule is CCC1=CC=C(c2ccc(C3=CCc4cc(CC(C)C(C)C)ccc4C3)cc2)C1. The van der Waals surface area contributed by atoms with Crippen molar-refractivity contribution in [3.8, 4) is 0 Å². The van der Waals surface area contributed by atoms with Crippen LogP contribution >= 0.6 is 0 Å². The molecule has 0 aliphatic heterocycles. The van der Waals surface area contributed by atoms with Gasteiger partial charge in [-0.25, -0.2) is 0 Å². The third-order valence-electron chi connectivity index (χ3n) is 6.93. The molecule has 0 saturated heterocycles. The maximum atomic E-state index is 2.45. The van der Waals surface area contributed by atoms with Gasteiger partial charge in [0.05, 0.1) is 0 Å². The van der Waals surface area contributed by atoms with Crippen LogP contribution in [0.1, 0.15) is 68.4 Å². The highest BCUT2D eigenvalue weighted by molar-refractivity contribution is 5.75. The number of benzene rings is 2. The molecule has 0 amide bonds. The molecular weight excluding hydrogens is 348 g/mol. The van der Waals surface area contributed by atoms with E-state index in [4.69, 9.17) is 0 Å². The first kappa shape index (κ1) is 20.0. The van der Waals surface area contributed by atoms with Crippen molar-refractivity contribution in [1.82, 2.24) is 0 Å². The van der Waals surface area contributed by atoms with Crippen LogP contribution in [0.25, 0.3) is 11.1 Å². The first-order valence-electron chi connectivity index (χ1n) is 11.3. The van der Waals surface area contributed by atoms with Gasteiger partial charge in [-0.1, -0.05) is 94.0 Å². The van der Waals surface area contributed by atoms with Crippen molar-refractivity contribution in [3.63, 3.8) is 0 Å². The summed E-state index contributed by atoms with van der Waals surface area (Å²) in [5.74, 6) is 1.48. The Labute approximate surface area is 177 Å². The lowest BCUT2D eigenvalue weighted by Crippen LogP contribution is -2.09. The Kier molecular flexibility index (Phi) is 5.90. The van der Waals surface area contributed by atoms with Gasteiger partial charge in [0.25, 0.3) is 0 Å². The maximum Gasteiger partial charge on any atom is -0.00200 e. The number of allylic oxidation sites excluding steroid dienone is 6. The molecule has 4 rings (SSSR count). The fraction of sp³-hybridized carbons (Fsp3) is 0.379. The number of hydrogen-bond donors (Lipinski definition) is 0. The highest BCUT2D eigenvalue weighted by Crippen LogP contribution is 2.32. The highest BCUT2D eigenvalue weighted by atomic mass is 14.2. The van der Waals surface area contributed by atoms with Gasteiger partial charge in [0.1, 0.15) is 0 Å². The van der Waals surface area contributed by atoms with Gasteiger partial charge in [0, 0.05) is 0 Å². The summed E-state index contributed by atoms with van der Waals surface area (Å²) in [5, 5.41) is 0. The second kappa shape index (κ2) is 8.57. The third-order valence-corrected chi connectivity index (χ3v) is 6.93. The van der Waals surface area contributed by atoms with Crippen molar-refractivity contribution in [2.24, 2.45) is 11.8 Å². The Bertz CT molecular complexity index is 964. The van der Waals surface area contributed by atoms with E-state index in [0.717, 1.165) is 37.5 Å². The Morgan fingerprint density at radius 2 is 1.52 bits per heavy atom. The summed E-state index contributed by atoms with van der Waals surface area (Å²) in [5.41, 5.74) is 11.7. The largest absolute Gasteiger partial charge is 0.0760 e. The first-order valence-corrected chi connectivity index (χ1v) is 11.3. The number of rotatable bonds is 6. The fourth-order valence-corrected chi connectivity index (χ4v) is 4.43. The Hall–Kier alpha value is -2.34. The molecule has 1 atom stereocenters. The topological polar surface area (TPSA) is 0 Å². The van der Waals surface area contributed by atoms with Crippen LogP contribution in [0.2, 0.25) is 0 Å². The lowest BCUT2D eigenvalue weighted by atomic mass is 9.84. The van der Waals surface area contributed by atoms with Gasteiger partial charge in [-0.3, -0.25) is 0 Å². The molecule has 0 fully saturated rings. The van der Waals surface area contributed by atoms with Crippen LogP contribution in [0.5, 0.6) is 0 Å². The summed E-state index contributed by atoms with van der Waals surface area (Å²) >= 11 is 0. The quantitative estimate of drug-likeness (QED) is 0.477. The van der Waals surface area contributed by atoms with Crippen molar-refractivity contribution in [2.45, 2.75) is 59.8 Å². The molecular formula is C29H34. The Morgan fingerprint density at radius 3 is 2.17 bits per heavy atom. The minimum atomic E-state index is 0.736. The number of hydrogen-bond acceptors (Lipinski definition) is 0. The van der Waals surface area contributed by atoms with Crippen molar-refractivity contribution in [1.29, 1.82) is 0 Å². The van der Waals surface area contributed by atoms with Crippen LogP contribution in [-0.4, -0.2) is 0 Å². The molecule has 2 aliphatic carbocycles. The van der Waals surface area contributed by atoms with Crippen molar-refractivity contribution >= 4 is 11.1 Å². The lowest BCUT2D eigenvalue weighted by Gasteiger charge is -2.20. The van der Waals surface area contributed by atoms with E-state index >= 15 is 0 Å². The van der Waals surface area contributed by atoms with Gasteiger partial charge in [0.2, 0.25) is 0 Å². The van der Waals surface area contributed by atoms with Crippen molar-refractivity contribution in [3.05, 3.63) is 94.1 Å². The molecule has 2 aliphatic rings. The van der Waals surface area contributed by atoms with E-state index in [9.17, 15) is 0 Å². The Morgan fingerprint density at radius 1 is 0.793 bits per heavy atom. The molecule has 0 aromatic heterocycles. The molecule has 1 unspecified atom stereocenters. The average Bonchev–Trinajstić information content (AvgIpc) is 3.23. The fourth-order valence-electron chi connectivity index (χ4n) is 4.43. The zero-order valence-electron chi connectivity index (χ0n) is 18.5. The summed E-state index contributed by atoms with van der Waals surface area (Å²) in [6.07, 6.45) is 12.6. The van der Waals surface area contributed by atoms with E-state index in [2.05, 4.69) is 88.4 Å². The van der Waals surface area contributed by atoms with Gasteiger partial charge >= 0.3 is 0 Å². The van der Waals surface area contributed by atoms with E-state index < -0.39 is 0 Å². The molecule has 29 heavy (non-hydrogen) atoms. The van der Waals surface area contributed by atoms with Crippen LogP contribution in [0.15, 0.2) is 66.3 Å². The molecule has 0 radical (unpaired) electrons. The van der Waals surface area contributed by atoms with Gasteiger partial charge in [-0.05, 0) is 82.9 Å². The minimum absolute atomic E-state index is 0.736. The molecule has 2 aromatic rings. The second-order valence-electron chi connectivity index (χ2n) is 9.26. The first-order chi connectivity index (χ1) is 14.0. The smallest absolute Gasteiger partial charge is 0.00200 e. The predicted octanol–water partition coefficient (Wildman–Crippen LogP) is 7.83. The summed E-state index contributed by atoms with van der Waals surface area (Å²) in [6.45, 7) is 9.26. The lowest BCUT2D eigenvalue weighted by molar-refractivity contribution is 0.417. The van der Waals surface area contributed by atoms with Crippen LogP contribution in [-0.2, 0) is 19.3 Å². The highest BCUT2D eigenvalue weighted by Gasteiger charge is 2.15. The van der Waals surface area contributed by atoms with Gasteiger partial charge in [-0.15, -0.1) is 0 Å². The molecule has 0 saturated carbocycles. The molecule has 150 valence electrons. The molecule has 2 aromatic carbocycles. The van der Waals surface area contributed by atoms with E-state index in [0.29, 0.717) is 0 Å². The van der Waals surface area contributed by atoms with E-state index in [1.54, 1.807) is 0 Å². The van der Waals surface area contributed by atoms with E-state index in [-0.39, 0.29) is 0 Å². The summed E-state index contributed by atoms with van der Waals surface area (Å²) in [6, 6.07) is 16.4. The molecule has 0 N–H and O–H groups in total. The summed E-state index contributed by atoms with van der Waals surface area (Å²) < 4.78 is 0. The van der Waals surface area contributed by atoms with Crippen molar-refractivity contribution in [2.75, 3.05) is 0 Å². The third kappa shape index (κ3) is 4.47. The second-order valence-corrected chi connectivity index (χ2v) is 9.26. The van der Waals surface area contributed by atoms with E-state index in [1.165, 1.54) is 51.0 Å². The number of fused-ring (bicyclic) bond motifs is 1. The predicted molar refractivity (Wildman–Crippen MR) is 127 cm³/mol. The average molecular weight is 383 g/mol. The summed E-state index contributed by atoms with van der Waals surface area (Å²) in [4.78, 5) is 0. The van der Waals surface area contributed by atoms with Gasteiger partial charge in [0.15, 0.2) is 0 Å². The molecule has 0 spiro atoms. The molecule has 0 bridgehead atoms. The van der Waals surface area contributed by atoms with E-state index in [1.807, 2.05) is 0 Å². The normalized spacial score (nSPS) is 16.9. The summed E-state index contributed by atoms with van der Waals surface area (Å²) in [7, 11) is 0. The molecule has 0 heterocycles.